The van der Waals surface area contributed by atoms with Crippen molar-refractivity contribution < 1.29 is 4.74 Å². The lowest BCUT2D eigenvalue weighted by Crippen LogP contribution is -2.37. The van der Waals surface area contributed by atoms with Crippen LogP contribution in [0.2, 0.25) is 0 Å². The lowest BCUT2D eigenvalue weighted by molar-refractivity contribution is 0.148. The minimum Gasteiger partial charge on any atom is -0.385 e. The van der Waals surface area contributed by atoms with E-state index in [2.05, 4.69) is 33.0 Å². The van der Waals surface area contributed by atoms with Gasteiger partial charge in [0, 0.05) is 26.3 Å². The smallest absolute Gasteiger partial charge is 0.0467 e. The molecule has 1 fully saturated rings. The van der Waals surface area contributed by atoms with Gasteiger partial charge in [-0.3, -0.25) is 0 Å². The zero-order chi connectivity index (χ0) is 14.3. The maximum absolute atomic E-state index is 5.20. The standard InChI is InChI=1S/C17H35NO/c1-14(2)15-7-6-8-16(10-9-15)18-13-17(3,4)11-12-19-5/h14-16,18H,6-13H2,1-5H3. The van der Waals surface area contributed by atoms with Crippen LogP contribution in [0.3, 0.4) is 0 Å². The van der Waals surface area contributed by atoms with Crippen LogP contribution in [0.15, 0.2) is 0 Å². The fourth-order valence-corrected chi connectivity index (χ4v) is 3.09. The third-order valence-electron chi connectivity index (χ3n) is 4.81. The Morgan fingerprint density at radius 3 is 2.53 bits per heavy atom. The highest BCUT2D eigenvalue weighted by Gasteiger charge is 2.23. The Bertz CT molecular complexity index is 237. The predicted octanol–water partition coefficient (Wildman–Crippen LogP) is 4.24. The molecule has 1 N–H and O–H groups in total. The maximum atomic E-state index is 5.20. The molecule has 19 heavy (non-hydrogen) atoms. The van der Waals surface area contributed by atoms with Crippen LogP contribution in [0.25, 0.3) is 0 Å². The van der Waals surface area contributed by atoms with Crippen LogP contribution in [0.1, 0.15) is 66.2 Å². The molecule has 0 aromatic rings. The third kappa shape index (κ3) is 6.76. The molecule has 2 heteroatoms. The lowest BCUT2D eigenvalue weighted by atomic mass is 9.88. The number of rotatable bonds is 7. The van der Waals surface area contributed by atoms with E-state index in [0.717, 1.165) is 37.5 Å². The van der Waals surface area contributed by atoms with Crippen molar-refractivity contribution in [1.29, 1.82) is 0 Å². The summed E-state index contributed by atoms with van der Waals surface area (Å²) in [4.78, 5) is 0. The average Bonchev–Trinajstić information content (AvgIpc) is 2.59. The first-order valence-electron chi connectivity index (χ1n) is 8.17. The molecule has 2 unspecified atom stereocenters. The van der Waals surface area contributed by atoms with Gasteiger partial charge in [-0.1, -0.05) is 40.5 Å². The summed E-state index contributed by atoms with van der Waals surface area (Å²) >= 11 is 0. The first-order chi connectivity index (χ1) is 8.94. The van der Waals surface area contributed by atoms with Crippen molar-refractivity contribution in [2.75, 3.05) is 20.3 Å². The van der Waals surface area contributed by atoms with E-state index in [1.165, 1.54) is 32.1 Å². The summed E-state index contributed by atoms with van der Waals surface area (Å²) in [5.74, 6) is 1.81. The van der Waals surface area contributed by atoms with Crippen LogP contribution in [-0.2, 0) is 4.74 Å². The van der Waals surface area contributed by atoms with Crippen LogP contribution in [0.5, 0.6) is 0 Å². The second-order valence-corrected chi connectivity index (χ2v) is 7.50. The fourth-order valence-electron chi connectivity index (χ4n) is 3.09. The normalized spacial score (nSPS) is 25.6. The Morgan fingerprint density at radius 1 is 1.16 bits per heavy atom. The van der Waals surface area contributed by atoms with Gasteiger partial charge in [0.1, 0.15) is 0 Å². The van der Waals surface area contributed by atoms with Crippen LogP contribution in [0.4, 0.5) is 0 Å². The molecule has 0 aromatic heterocycles. The maximum Gasteiger partial charge on any atom is 0.0467 e. The second-order valence-electron chi connectivity index (χ2n) is 7.50. The zero-order valence-electron chi connectivity index (χ0n) is 13.8. The summed E-state index contributed by atoms with van der Waals surface area (Å²) in [5.41, 5.74) is 0.347. The van der Waals surface area contributed by atoms with Crippen molar-refractivity contribution >= 4 is 0 Å². The Labute approximate surface area is 120 Å². The average molecular weight is 269 g/mol. The molecule has 0 bridgehead atoms. The van der Waals surface area contributed by atoms with Crippen molar-refractivity contribution in [3.8, 4) is 0 Å². The van der Waals surface area contributed by atoms with E-state index in [1.807, 2.05) is 0 Å². The van der Waals surface area contributed by atoms with Gasteiger partial charge in [-0.05, 0) is 42.9 Å². The van der Waals surface area contributed by atoms with Crippen molar-refractivity contribution in [2.45, 2.75) is 72.3 Å². The molecule has 0 aliphatic heterocycles. The Hall–Kier alpha value is -0.0800. The van der Waals surface area contributed by atoms with Crippen molar-refractivity contribution in [1.82, 2.24) is 5.32 Å². The van der Waals surface area contributed by atoms with Crippen LogP contribution < -0.4 is 5.32 Å². The number of hydrogen-bond donors (Lipinski definition) is 1. The Morgan fingerprint density at radius 2 is 1.89 bits per heavy atom. The largest absolute Gasteiger partial charge is 0.385 e. The van der Waals surface area contributed by atoms with E-state index < -0.39 is 0 Å². The summed E-state index contributed by atoms with van der Waals surface area (Å²) < 4.78 is 5.20. The summed E-state index contributed by atoms with van der Waals surface area (Å²) in [7, 11) is 1.79. The van der Waals surface area contributed by atoms with E-state index in [1.54, 1.807) is 7.11 Å². The molecule has 0 aromatic carbocycles. The highest BCUT2D eigenvalue weighted by atomic mass is 16.5. The molecule has 1 rings (SSSR count). The van der Waals surface area contributed by atoms with Crippen LogP contribution in [-0.4, -0.2) is 26.3 Å². The molecule has 1 aliphatic carbocycles. The predicted molar refractivity (Wildman–Crippen MR) is 83.5 cm³/mol. The highest BCUT2D eigenvalue weighted by Crippen LogP contribution is 2.29. The first-order valence-corrected chi connectivity index (χ1v) is 8.17. The topological polar surface area (TPSA) is 21.3 Å². The summed E-state index contributed by atoms with van der Waals surface area (Å²) in [5, 5.41) is 3.81. The van der Waals surface area contributed by atoms with Crippen molar-refractivity contribution in [3.63, 3.8) is 0 Å². The van der Waals surface area contributed by atoms with Gasteiger partial charge >= 0.3 is 0 Å². The summed E-state index contributed by atoms with van der Waals surface area (Å²) in [6.45, 7) is 11.4. The minimum atomic E-state index is 0.347. The van der Waals surface area contributed by atoms with Gasteiger partial charge in [0.25, 0.3) is 0 Å². The van der Waals surface area contributed by atoms with E-state index in [-0.39, 0.29) is 0 Å². The van der Waals surface area contributed by atoms with Crippen LogP contribution >= 0.6 is 0 Å². The molecule has 1 saturated carbocycles. The van der Waals surface area contributed by atoms with Gasteiger partial charge in [0.2, 0.25) is 0 Å². The number of methoxy groups -OCH3 is 1. The molecular weight excluding hydrogens is 234 g/mol. The molecule has 0 amide bonds. The minimum absolute atomic E-state index is 0.347. The lowest BCUT2D eigenvalue weighted by Gasteiger charge is -2.28. The summed E-state index contributed by atoms with van der Waals surface area (Å²) in [6.07, 6.45) is 8.11. The van der Waals surface area contributed by atoms with Gasteiger partial charge in [-0.25, -0.2) is 0 Å². The first kappa shape index (κ1) is 17.0. The van der Waals surface area contributed by atoms with Gasteiger partial charge in [-0.2, -0.15) is 0 Å². The van der Waals surface area contributed by atoms with Crippen molar-refractivity contribution in [3.05, 3.63) is 0 Å². The van der Waals surface area contributed by atoms with Crippen LogP contribution in [0, 0.1) is 17.3 Å². The molecule has 114 valence electrons. The molecule has 2 nitrogen and oxygen atoms in total. The number of ether oxygens (including phenoxy) is 1. The molecular formula is C17H35NO. The molecule has 0 saturated heterocycles. The van der Waals surface area contributed by atoms with Gasteiger partial charge < -0.3 is 10.1 Å². The fraction of sp³-hybridized carbons (Fsp3) is 1.00. The van der Waals surface area contributed by atoms with E-state index in [0.29, 0.717) is 5.41 Å². The van der Waals surface area contributed by atoms with Gasteiger partial charge in [0.05, 0.1) is 0 Å². The van der Waals surface area contributed by atoms with Crippen molar-refractivity contribution in [2.24, 2.45) is 17.3 Å². The van der Waals surface area contributed by atoms with E-state index >= 15 is 0 Å². The molecule has 0 heterocycles. The van der Waals surface area contributed by atoms with Gasteiger partial charge in [-0.15, -0.1) is 0 Å². The SMILES string of the molecule is COCCC(C)(C)CNC1CCCC(C(C)C)CC1. The van der Waals surface area contributed by atoms with E-state index in [4.69, 9.17) is 4.74 Å². The van der Waals surface area contributed by atoms with Gasteiger partial charge in [0.15, 0.2) is 0 Å². The number of nitrogens with one attached hydrogen (secondary N) is 1. The summed E-state index contributed by atoms with van der Waals surface area (Å²) in [6, 6.07) is 0.741. The second kappa shape index (κ2) is 8.26. The molecule has 0 spiro atoms. The third-order valence-corrected chi connectivity index (χ3v) is 4.81. The molecule has 2 atom stereocenters. The zero-order valence-corrected chi connectivity index (χ0v) is 13.8. The van der Waals surface area contributed by atoms with E-state index in [9.17, 15) is 0 Å². The Balaban J connectivity index is 2.29. The molecule has 0 radical (unpaired) electrons. The quantitative estimate of drug-likeness (QED) is 0.698. The highest BCUT2D eigenvalue weighted by molar-refractivity contribution is 4.79. The number of hydrogen-bond acceptors (Lipinski definition) is 2. The monoisotopic (exact) mass is 269 g/mol. The Kier molecular flexibility index (Phi) is 7.38. The molecule has 1 aliphatic rings.